The highest BCUT2D eigenvalue weighted by Gasteiger charge is 2.24. The molecule has 0 aromatic carbocycles. The van der Waals surface area contributed by atoms with Gasteiger partial charge in [-0.05, 0) is 39.2 Å². The zero-order valence-corrected chi connectivity index (χ0v) is 12.6. The summed E-state index contributed by atoms with van der Waals surface area (Å²) in [6.07, 6.45) is 4.86. The van der Waals surface area contributed by atoms with Crippen LogP contribution in [-0.2, 0) is 13.0 Å². The Morgan fingerprint density at radius 1 is 1.44 bits per heavy atom. The molecule has 1 saturated heterocycles. The molecule has 1 aliphatic rings. The molecule has 102 valence electrons. The Labute approximate surface area is 115 Å². The molecule has 1 aliphatic heterocycles. The van der Waals surface area contributed by atoms with Gasteiger partial charge in [-0.15, -0.1) is 11.3 Å². The number of hydrogen-bond acceptors (Lipinski definition) is 4. The van der Waals surface area contributed by atoms with Crippen LogP contribution >= 0.6 is 11.3 Å². The SMILES string of the molecule is CCCNCc1sc(N2CCCC2C)nc1CC. The van der Waals surface area contributed by atoms with Gasteiger partial charge in [-0.3, -0.25) is 0 Å². The van der Waals surface area contributed by atoms with Crippen LogP contribution in [-0.4, -0.2) is 24.1 Å². The van der Waals surface area contributed by atoms with Crippen LogP contribution in [0.25, 0.3) is 0 Å². The molecule has 1 N–H and O–H groups in total. The molecule has 3 nitrogen and oxygen atoms in total. The number of aromatic nitrogens is 1. The van der Waals surface area contributed by atoms with E-state index in [1.54, 1.807) is 0 Å². The third kappa shape index (κ3) is 3.04. The molecule has 0 bridgehead atoms. The van der Waals surface area contributed by atoms with Gasteiger partial charge in [-0.25, -0.2) is 4.98 Å². The predicted molar refractivity (Wildman–Crippen MR) is 79.5 cm³/mol. The van der Waals surface area contributed by atoms with Gasteiger partial charge < -0.3 is 10.2 Å². The summed E-state index contributed by atoms with van der Waals surface area (Å²) in [5.41, 5.74) is 1.29. The van der Waals surface area contributed by atoms with Gasteiger partial charge in [0, 0.05) is 24.0 Å². The van der Waals surface area contributed by atoms with Crippen molar-refractivity contribution < 1.29 is 0 Å². The van der Waals surface area contributed by atoms with E-state index in [1.807, 2.05) is 11.3 Å². The lowest BCUT2D eigenvalue weighted by atomic mass is 10.2. The van der Waals surface area contributed by atoms with Crippen LogP contribution in [0.3, 0.4) is 0 Å². The summed E-state index contributed by atoms with van der Waals surface area (Å²) < 4.78 is 0. The van der Waals surface area contributed by atoms with E-state index >= 15 is 0 Å². The number of anilines is 1. The molecule has 1 aromatic rings. The fourth-order valence-electron chi connectivity index (χ4n) is 2.50. The normalized spacial score (nSPS) is 19.7. The standard InChI is InChI=1S/C14H25N3S/c1-4-8-15-10-13-12(5-2)16-14(18-13)17-9-6-7-11(17)3/h11,15H,4-10H2,1-3H3. The molecular weight excluding hydrogens is 242 g/mol. The molecule has 1 aromatic heterocycles. The van der Waals surface area contributed by atoms with Gasteiger partial charge in [0.25, 0.3) is 0 Å². The van der Waals surface area contributed by atoms with Crippen LogP contribution in [0.15, 0.2) is 0 Å². The molecule has 1 atom stereocenters. The lowest BCUT2D eigenvalue weighted by Gasteiger charge is -2.19. The van der Waals surface area contributed by atoms with Crippen molar-refractivity contribution in [3.05, 3.63) is 10.6 Å². The summed E-state index contributed by atoms with van der Waals surface area (Å²) >= 11 is 1.89. The summed E-state index contributed by atoms with van der Waals surface area (Å²) in [5.74, 6) is 0. The average Bonchev–Trinajstić information content (AvgIpc) is 2.95. The number of nitrogens with zero attached hydrogens (tertiary/aromatic N) is 2. The molecular formula is C14H25N3S. The van der Waals surface area contributed by atoms with Gasteiger partial charge in [-0.1, -0.05) is 13.8 Å². The topological polar surface area (TPSA) is 28.2 Å². The van der Waals surface area contributed by atoms with E-state index in [0.29, 0.717) is 6.04 Å². The largest absolute Gasteiger partial charge is 0.345 e. The van der Waals surface area contributed by atoms with Gasteiger partial charge in [0.15, 0.2) is 5.13 Å². The van der Waals surface area contributed by atoms with E-state index in [-0.39, 0.29) is 0 Å². The molecule has 0 aliphatic carbocycles. The monoisotopic (exact) mass is 267 g/mol. The summed E-state index contributed by atoms with van der Waals surface area (Å²) in [5, 5.41) is 4.73. The van der Waals surface area contributed by atoms with Gasteiger partial charge >= 0.3 is 0 Å². The lowest BCUT2D eigenvalue weighted by Crippen LogP contribution is -2.25. The zero-order chi connectivity index (χ0) is 13.0. The molecule has 0 spiro atoms. The molecule has 4 heteroatoms. The molecule has 0 radical (unpaired) electrons. The van der Waals surface area contributed by atoms with Crippen molar-refractivity contribution in [3.8, 4) is 0 Å². The van der Waals surface area contributed by atoms with Crippen LogP contribution in [0.4, 0.5) is 5.13 Å². The second-order valence-corrected chi connectivity index (χ2v) is 6.14. The van der Waals surface area contributed by atoms with Gasteiger partial charge in [-0.2, -0.15) is 0 Å². The van der Waals surface area contributed by atoms with E-state index in [9.17, 15) is 0 Å². The van der Waals surface area contributed by atoms with Crippen LogP contribution < -0.4 is 10.2 Å². The first-order valence-corrected chi connectivity index (χ1v) is 8.03. The highest BCUT2D eigenvalue weighted by atomic mass is 32.1. The second-order valence-electron chi connectivity index (χ2n) is 5.08. The maximum absolute atomic E-state index is 4.84. The second kappa shape index (κ2) is 6.53. The lowest BCUT2D eigenvalue weighted by molar-refractivity contribution is 0.676. The fourth-order valence-corrected chi connectivity index (χ4v) is 3.75. The van der Waals surface area contributed by atoms with Crippen LogP contribution in [0, 0.1) is 0 Å². The molecule has 0 saturated carbocycles. The van der Waals surface area contributed by atoms with E-state index in [4.69, 9.17) is 4.98 Å². The number of hydrogen-bond donors (Lipinski definition) is 1. The highest BCUT2D eigenvalue weighted by molar-refractivity contribution is 7.15. The highest BCUT2D eigenvalue weighted by Crippen LogP contribution is 2.31. The Morgan fingerprint density at radius 2 is 2.28 bits per heavy atom. The molecule has 1 fully saturated rings. The maximum Gasteiger partial charge on any atom is 0.186 e. The Morgan fingerprint density at radius 3 is 2.89 bits per heavy atom. The van der Waals surface area contributed by atoms with E-state index in [1.165, 1.54) is 41.5 Å². The van der Waals surface area contributed by atoms with Crippen molar-refractivity contribution in [1.82, 2.24) is 10.3 Å². The van der Waals surface area contributed by atoms with Crippen molar-refractivity contribution >= 4 is 16.5 Å². The quantitative estimate of drug-likeness (QED) is 0.802. The number of thiazole rings is 1. The third-order valence-electron chi connectivity index (χ3n) is 3.61. The smallest absolute Gasteiger partial charge is 0.186 e. The Balaban J connectivity index is 2.07. The minimum atomic E-state index is 0.664. The first kappa shape index (κ1) is 13.8. The fraction of sp³-hybridized carbons (Fsp3) is 0.786. The summed E-state index contributed by atoms with van der Waals surface area (Å²) in [6, 6.07) is 0.664. The van der Waals surface area contributed by atoms with Gasteiger partial charge in [0.2, 0.25) is 0 Å². The number of aryl methyl sites for hydroxylation is 1. The van der Waals surface area contributed by atoms with E-state index in [2.05, 4.69) is 31.0 Å². The number of rotatable bonds is 6. The van der Waals surface area contributed by atoms with E-state index < -0.39 is 0 Å². The molecule has 1 unspecified atom stereocenters. The summed E-state index contributed by atoms with van der Waals surface area (Å²) in [4.78, 5) is 8.75. The van der Waals surface area contributed by atoms with Crippen molar-refractivity contribution in [1.29, 1.82) is 0 Å². The zero-order valence-electron chi connectivity index (χ0n) is 11.8. The first-order chi connectivity index (χ1) is 8.76. The third-order valence-corrected chi connectivity index (χ3v) is 4.75. The maximum atomic E-state index is 4.84. The van der Waals surface area contributed by atoms with Crippen LogP contribution in [0.5, 0.6) is 0 Å². The van der Waals surface area contributed by atoms with E-state index in [0.717, 1.165) is 19.5 Å². The minimum absolute atomic E-state index is 0.664. The Hall–Kier alpha value is -0.610. The Kier molecular flexibility index (Phi) is 5.01. The van der Waals surface area contributed by atoms with Crippen molar-refractivity contribution in [2.75, 3.05) is 18.0 Å². The average molecular weight is 267 g/mol. The van der Waals surface area contributed by atoms with Gasteiger partial charge in [0.1, 0.15) is 0 Å². The Bertz CT molecular complexity index is 375. The molecule has 0 amide bonds. The first-order valence-electron chi connectivity index (χ1n) is 7.22. The van der Waals surface area contributed by atoms with Crippen molar-refractivity contribution in [2.45, 2.75) is 59.0 Å². The summed E-state index contributed by atoms with van der Waals surface area (Å²) in [6.45, 7) is 9.98. The molecule has 2 heterocycles. The molecule has 2 rings (SSSR count). The van der Waals surface area contributed by atoms with Crippen molar-refractivity contribution in [2.24, 2.45) is 0 Å². The predicted octanol–water partition coefficient (Wildman–Crippen LogP) is 3.19. The minimum Gasteiger partial charge on any atom is -0.345 e. The van der Waals surface area contributed by atoms with Crippen LogP contribution in [0.2, 0.25) is 0 Å². The number of nitrogens with one attached hydrogen (secondary N) is 1. The van der Waals surface area contributed by atoms with Crippen molar-refractivity contribution in [3.63, 3.8) is 0 Å². The molecule has 18 heavy (non-hydrogen) atoms. The van der Waals surface area contributed by atoms with Gasteiger partial charge in [0.05, 0.1) is 5.69 Å². The van der Waals surface area contributed by atoms with Crippen LogP contribution in [0.1, 0.15) is 50.6 Å². The summed E-state index contributed by atoms with van der Waals surface area (Å²) in [7, 11) is 0.